The third-order valence-electron chi connectivity index (χ3n) is 2.81. The average Bonchev–Trinajstić information content (AvgIpc) is 2.49. The third kappa shape index (κ3) is 3.13. The first-order chi connectivity index (χ1) is 7.89. The molecule has 18 heavy (non-hydrogen) atoms. The normalized spacial score (nSPS) is 11.6. The zero-order valence-corrected chi connectivity index (χ0v) is 10.5. The molecule has 5 heteroatoms. The number of rotatable bonds is 2. The molecule has 2 aliphatic carbocycles. The fourth-order valence-electron chi connectivity index (χ4n) is 1.86. The summed E-state index contributed by atoms with van der Waals surface area (Å²) in [7, 11) is -4.15. The van der Waals surface area contributed by atoms with E-state index in [0.29, 0.717) is 11.5 Å². The Labute approximate surface area is 130 Å². The Balaban J connectivity index is 0.00000162. The summed E-state index contributed by atoms with van der Waals surface area (Å²) in [6.07, 6.45) is 0. The SMILES string of the molecule is CC(C)c1cccc2c(S(=O)(=O)O)ccc-2c1.[NaH]. The minimum absolute atomic E-state index is 0. The van der Waals surface area contributed by atoms with Gasteiger partial charge < -0.3 is 0 Å². The molecule has 0 atom stereocenters. The fourth-order valence-corrected chi connectivity index (χ4v) is 2.56. The average molecular weight is 274 g/mol. The molecule has 0 spiro atoms. The Morgan fingerprint density at radius 1 is 1.11 bits per heavy atom. The molecule has 0 radical (unpaired) electrons. The van der Waals surface area contributed by atoms with E-state index in [1.165, 1.54) is 6.07 Å². The van der Waals surface area contributed by atoms with Crippen LogP contribution in [0, 0.1) is 0 Å². The third-order valence-corrected chi connectivity index (χ3v) is 3.72. The maximum absolute atomic E-state index is 11.2. The molecule has 0 saturated carbocycles. The van der Waals surface area contributed by atoms with Crippen molar-refractivity contribution >= 4 is 39.7 Å². The van der Waals surface area contributed by atoms with E-state index < -0.39 is 10.1 Å². The van der Waals surface area contributed by atoms with Crippen molar-refractivity contribution < 1.29 is 13.0 Å². The van der Waals surface area contributed by atoms with E-state index in [9.17, 15) is 8.42 Å². The Hall–Kier alpha value is -0.390. The molecule has 1 N–H and O–H groups in total. The molecule has 0 aromatic carbocycles. The van der Waals surface area contributed by atoms with Gasteiger partial charge in [0.15, 0.2) is 0 Å². The van der Waals surface area contributed by atoms with Crippen LogP contribution in [0.4, 0.5) is 0 Å². The van der Waals surface area contributed by atoms with Crippen molar-refractivity contribution in [2.75, 3.05) is 0 Å². The fraction of sp³-hybridized carbons (Fsp3) is 0.231. The van der Waals surface area contributed by atoms with E-state index in [1.807, 2.05) is 18.2 Å². The van der Waals surface area contributed by atoms with Gasteiger partial charge in [-0.3, -0.25) is 4.55 Å². The van der Waals surface area contributed by atoms with Gasteiger partial charge in [0, 0.05) is 5.56 Å². The Bertz CT molecular complexity index is 620. The zero-order chi connectivity index (χ0) is 12.6. The van der Waals surface area contributed by atoms with Gasteiger partial charge in [0.05, 0.1) is 0 Å². The van der Waals surface area contributed by atoms with E-state index in [1.54, 1.807) is 12.1 Å². The van der Waals surface area contributed by atoms with Crippen molar-refractivity contribution in [1.82, 2.24) is 0 Å². The number of hydrogen-bond acceptors (Lipinski definition) is 2. The molecule has 0 aromatic rings. The van der Waals surface area contributed by atoms with Gasteiger partial charge >= 0.3 is 29.6 Å². The first-order valence-corrected chi connectivity index (χ1v) is 6.84. The second-order valence-electron chi connectivity index (χ2n) is 4.37. The van der Waals surface area contributed by atoms with Gasteiger partial charge in [0.2, 0.25) is 0 Å². The molecular weight excluding hydrogens is 259 g/mol. The van der Waals surface area contributed by atoms with E-state index in [0.717, 1.165) is 11.1 Å². The van der Waals surface area contributed by atoms with Crippen molar-refractivity contribution in [2.45, 2.75) is 24.7 Å². The first kappa shape index (κ1) is 15.7. The molecule has 0 aromatic heterocycles. The number of fused-ring (bicyclic) bond motifs is 1. The molecule has 0 unspecified atom stereocenters. The van der Waals surface area contributed by atoms with Crippen LogP contribution in [0.15, 0.2) is 41.3 Å². The predicted molar refractivity (Wildman–Crippen MR) is 74.1 cm³/mol. The topological polar surface area (TPSA) is 54.4 Å². The van der Waals surface area contributed by atoms with Crippen molar-refractivity contribution in [1.29, 1.82) is 0 Å². The molecule has 0 fully saturated rings. The van der Waals surface area contributed by atoms with Gasteiger partial charge in [-0.1, -0.05) is 44.2 Å². The van der Waals surface area contributed by atoms with Crippen LogP contribution in [-0.4, -0.2) is 42.5 Å². The summed E-state index contributed by atoms with van der Waals surface area (Å²) in [6, 6.07) is 10.6. The molecule has 0 bridgehead atoms. The summed E-state index contributed by atoms with van der Waals surface area (Å²) in [5.41, 5.74) is 2.51. The van der Waals surface area contributed by atoms with Gasteiger partial charge in [-0.15, -0.1) is 0 Å². The quantitative estimate of drug-likeness (QED) is 0.676. The summed E-state index contributed by atoms with van der Waals surface area (Å²) in [5, 5.41) is 0. The van der Waals surface area contributed by atoms with Crippen molar-refractivity contribution in [3.63, 3.8) is 0 Å². The summed E-state index contributed by atoms with van der Waals surface area (Å²) in [4.78, 5) is -0.0293. The summed E-state index contributed by atoms with van der Waals surface area (Å²) < 4.78 is 31.5. The van der Waals surface area contributed by atoms with Crippen LogP contribution in [0.5, 0.6) is 0 Å². The molecule has 0 aliphatic heterocycles. The van der Waals surface area contributed by atoms with E-state index in [-0.39, 0.29) is 34.5 Å². The molecule has 0 saturated heterocycles. The van der Waals surface area contributed by atoms with E-state index >= 15 is 0 Å². The van der Waals surface area contributed by atoms with Crippen LogP contribution >= 0.6 is 0 Å². The Morgan fingerprint density at radius 2 is 1.78 bits per heavy atom. The van der Waals surface area contributed by atoms with Crippen LogP contribution in [-0.2, 0) is 10.1 Å². The molecule has 2 rings (SSSR count). The van der Waals surface area contributed by atoms with Gasteiger partial charge in [-0.25, -0.2) is 0 Å². The molecule has 92 valence electrons. The van der Waals surface area contributed by atoms with Crippen molar-refractivity contribution in [3.8, 4) is 11.1 Å². The van der Waals surface area contributed by atoms with Gasteiger partial charge in [0.25, 0.3) is 10.1 Å². The van der Waals surface area contributed by atoms with Crippen LogP contribution in [0.25, 0.3) is 11.1 Å². The molecule has 2 aliphatic rings. The monoisotopic (exact) mass is 274 g/mol. The van der Waals surface area contributed by atoms with Gasteiger partial charge in [0.1, 0.15) is 4.90 Å². The second-order valence-corrected chi connectivity index (χ2v) is 5.76. The minimum atomic E-state index is -4.15. The van der Waals surface area contributed by atoms with Crippen molar-refractivity contribution in [3.05, 3.63) is 42.0 Å². The van der Waals surface area contributed by atoms with Crippen LogP contribution < -0.4 is 0 Å². The van der Waals surface area contributed by atoms with Crippen LogP contribution in [0.1, 0.15) is 25.3 Å². The Kier molecular flexibility index (Phi) is 4.98. The summed E-state index contributed by atoms with van der Waals surface area (Å²) >= 11 is 0. The molecular formula is C13H15NaO3S. The molecule has 0 amide bonds. The van der Waals surface area contributed by atoms with Gasteiger partial charge in [-0.05, 0) is 23.1 Å². The van der Waals surface area contributed by atoms with Crippen LogP contribution in [0.2, 0.25) is 0 Å². The summed E-state index contributed by atoms with van der Waals surface area (Å²) in [5.74, 6) is 0.370. The first-order valence-electron chi connectivity index (χ1n) is 5.40. The van der Waals surface area contributed by atoms with E-state index in [4.69, 9.17) is 4.55 Å². The van der Waals surface area contributed by atoms with Crippen LogP contribution in [0.3, 0.4) is 0 Å². The van der Waals surface area contributed by atoms with Crippen molar-refractivity contribution in [2.24, 2.45) is 0 Å². The predicted octanol–water partition coefficient (Wildman–Crippen LogP) is 2.51. The number of hydrogen-bond donors (Lipinski definition) is 1. The maximum atomic E-state index is 11.2. The standard InChI is InChI=1S/C13H14O3S.Na.H/c1-9(2)10-4-3-5-12-11(8-10)6-7-13(12)17(14,15)16;;/h3-9H,1-2H3,(H,14,15,16);;. The van der Waals surface area contributed by atoms with E-state index in [2.05, 4.69) is 13.8 Å². The Morgan fingerprint density at radius 3 is 2.33 bits per heavy atom. The van der Waals surface area contributed by atoms with Gasteiger partial charge in [-0.2, -0.15) is 8.42 Å². The second kappa shape index (κ2) is 5.72. The zero-order valence-electron chi connectivity index (χ0n) is 9.71. The molecule has 3 nitrogen and oxygen atoms in total. The molecule has 0 heterocycles. The summed E-state index contributed by atoms with van der Waals surface area (Å²) in [6.45, 7) is 4.15.